The molecule has 1 aromatic heterocycles. The van der Waals surface area contributed by atoms with Gasteiger partial charge < -0.3 is 5.73 Å². The van der Waals surface area contributed by atoms with Crippen LogP contribution in [0.4, 0.5) is 0 Å². The predicted octanol–water partition coefficient (Wildman–Crippen LogP) is 4.01. The van der Waals surface area contributed by atoms with Crippen LogP contribution in [0.5, 0.6) is 0 Å². The quantitative estimate of drug-likeness (QED) is 0.906. The summed E-state index contributed by atoms with van der Waals surface area (Å²) in [5, 5.41) is 5.84. The van der Waals surface area contributed by atoms with Crippen molar-refractivity contribution >= 4 is 23.2 Å². The number of benzene rings is 1. The normalized spacial score (nSPS) is 12.7. The summed E-state index contributed by atoms with van der Waals surface area (Å²) in [6.07, 6.45) is 1.62. The van der Waals surface area contributed by atoms with Crippen LogP contribution in [0.15, 0.2) is 24.3 Å². The SMILES string of the molecule is CCc1cc(CC(N)c2cc(Cl)ccc2Cl)n(CC)n1. The van der Waals surface area contributed by atoms with E-state index in [0.717, 1.165) is 29.9 Å². The molecular formula is C15H19Cl2N3. The van der Waals surface area contributed by atoms with E-state index in [2.05, 4.69) is 25.0 Å². The van der Waals surface area contributed by atoms with E-state index in [1.54, 1.807) is 12.1 Å². The van der Waals surface area contributed by atoms with E-state index in [1.165, 1.54) is 0 Å². The Balaban J connectivity index is 2.24. The van der Waals surface area contributed by atoms with Crippen LogP contribution in [0.25, 0.3) is 0 Å². The Bertz CT molecular complexity index is 593. The molecular weight excluding hydrogens is 293 g/mol. The maximum Gasteiger partial charge on any atom is 0.0624 e. The second kappa shape index (κ2) is 6.61. The molecule has 0 fully saturated rings. The molecule has 108 valence electrons. The summed E-state index contributed by atoms with van der Waals surface area (Å²) < 4.78 is 2.00. The summed E-state index contributed by atoms with van der Waals surface area (Å²) in [5.74, 6) is 0. The van der Waals surface area contributed by atoms with Crippen molar-refractivity contribution in [2.45, 2.75) is 39.3 Å². The lowest BCUT2D eigenvalue weighted by molar-refractivity contribution is 0.585. The van der Waals surface area contributed by atoms with Crippen LogP contribution in [0.3, 0.4) is 0 Å². The van der Waals surface area contributed by atoms with Gasteiger partial charge >= 0.3 is 0 Å². The van der Waals surface area contributed by atoms with Gasteiger partial charge in [-0.25, -0.2) is 0 Å². The van der Waals surface area contributed by atoms with Gasteiger partial charge in [-0.2, -0.15) is 5.10 Å². The molecule has 5 heteroatoms. The zero-order valence-corrected chi connectivity index (χ0v) is 13.2. The van der Waals surface area contributed by atoms with Gasteiger partial charge in [-0.05, 0) is 43.2 Å². The first-order valence-electron chi connectivity index (χ1n) is 6.81. The molecule has 0 aliphatic heterocycles. The lowest BCUT2D eigenvalue weighted by Gasteiger charge is -2.14. The minimum Gasteiger partial charge on any atom is -0.324 e. The molecule has 2 N–H and O–H groups in total. The van der Waals surface area contributed by atoms with E-state index in [9.17, 15) is 0 Å². The van der Waals surface area contributed by atoms with Crippen LogP contribution < -0.4 is 5.73 Å². The molecule has 0 spiro atoms. The molecule has 1 aromatic carbocycles. The van der Waals surface area contributed by atoms with Crippen molar-refractivity contribution in [2.75, 3.05) is 0 Å². The van der Waals surface area contributed by atoms with Gasteiger partial charge in [0, 0.05) is 34.7 Å². The third kappa shape index (κ3) is 3.35. The van der Waals surface area contributed by atoms with E-state index in [4.69, 9.17) is 28.9 Å². The summed E-state index contributed by atoms with van der Waals surface area (Å²) in [4.78, 5) is 0. The third-order valence-corrected chi connectivity index (χ3v) is 3.94. The molecule has 0 aliphatic rings. The van der Waals surface area contributed by atoms with Crippen LogP contribution in [0.1, 0.15) is 36.8 Å². The molecule has 20 heavy (non-hydrogen) atoms. The fourth-order valence-corrected chi connectivity index (χ4v) is 2.70. The molecule has 2 rings (SSSR count). The molecule has 0 bridgehead atoms. The number of nitrogens with two attached hydrogens (primary N) is 1. The van der Waals surface area contributed by atoms with Gasteiger partial charge in [-0.3, -0.25) is 4.68 Å². The number of aryl methyl sites for hydroxylation is 2. The number of aromatic nitrogens is 2. The Hall–Kier alpha value is -1.03. The number of hydrogen-bond donors (Lipinski definition) is 1. The third-order valence-electron chi connectivity index (χ3n) is 3.36. The van der Waals surface area contributed by atoms with E-state index in [1.807, 2.05) is 10.7 Å². The Morgan fingerprint density at radius 2 is 2.00 bits per heavy atom. The molecule has 0 radical (unpaired) electrons. The van der Waals surface area contributed by atoms with Crippen molar-refractivity contribution < 1.29 is 0 Å². The first-order valence-corrected chi connectivity index (χ1v) is 7.56. The Morgan fingerprint density at radius 3 is 2.65 bits per heavy atom. The molecule has 0 aliphatic carbocycles. The van der Waals surface area contributed by atoms with Crippen LogP contribution >= 0.6 is 23.2 Å². The van der Waals surface area contributed by atoms with Gasteiger partial charge in [0.1, 0.15) is 0 Å². The summed E-state index contributed by atoms with van der Waals surface area (Å²) in [7, 11) is 0. The first-order chi connectivity index (χ1) is 9.55. The molecule has 1 heterocycles. The van der Waals surface area contributed by atoms with Gasteiger partial charge in [0.25, 0.3) is 0 Å². The van der Waals surface area contributed by atoms with Crippen molar-refractivity contribution in [1.29, 1.82) is 0 Å². The second-order valence-corrected chi connectivity index (χ2v) is 5.62. The standard InChI is InChI=1S/C15H19Cl2N3/c1-3-11-8-12(20(4-2)19-11)9-15(18)13-7-10(16)5-6-14(13)17/h5-8,15H,3-4,9,18H2,1-2H3. The molecule has 1 atom stereocenters. The minimum atomic E-state index is -0.187. The van der Waals surface area contributed by atoms with Crippen LogP contribution in [0, 0.1) is 0 Å². The van der Waals surface area contributed by atoms with Gasteiger partial charge in [-0.1, -0.05) is 30.1 Å². The largest absolute Gasteiger partial charge is 0.324 e. The number of nitrogens with zero attached hydrogens (tertiary/aromatic N) is 2. The zero-order chi connectivity index (χ0) is 14.7. The number of rotatable bonds is 5. The van der Waals surface area contributed by atoms with E-state index >= 15 is 0 Å². The maximum absolute atomic E-state index is 6.29. The molecule has 0 amide bonds. The fourth-order valence-electron chi connectivity index (χ4n) is 2.26. The first kappa shape index (κ1) is 15.4. The monoisotopic (exact) mass is 311 g/mol. The molecule has 1 unspecified atom stereocenters. The lowest BCUT2D eigenvalue weighted by Crippen LogP contribution is -2.16. The predicted molar refractivity (Wildman–Crippen MR) is 84.4 cm³/mol. The molecule has 0 saturated heterocycles. The number of hydrogen-bond acceptors (Lipinski definition) is 2. The van der Waals surface area contributed by atoms with Crippen molar-refractivity contribution in [3.8, 4) is 0 Å². The maximum atomic E-state index is 6.29. The number of halogens is 2. The van der Waals surface area contributed by atoms with Crippen LogP contribution in [0.2, 0.25) is 10.0 Å². The molecule has 0 saturated carbocycles. The fraction of sp³-hybridized carbons (Fsp3) is 0.400. The van der Waals surface area contributed by atoms with Crippen molar-refractivity contribution in [2.24, 2.45) is 5.73 Å². The van der Waals surface area contributed by atoms with Gasteiger partial charge in [0.2, 0.25) is 0 Å². The molecule has 2 aromatic rings. The summed E-state index contributed by atoms with van der Waals surface area (Å²) in [6, 6.07) is 7.32. The van der Waals surface area contributed by atoms with Gasteiger partial charge in [0.15, 0.2) is 0 Å². The highest BCUT2D eigenvalue weighted by Gasteiger charge is 2.15. The zero-order valence-electron chi connectivity index (χ0n) is 11.7. The van der Waals surface area contributed by atoms with Crippen molar-refractivity contribution in [3.05, 3.63) is 51.3 Å². The van der Waals surface area contributed by atoms with Gasteiger partial charge in [-0.15, -0.1) is 0 Å². The highest BCUT2D eigenvalue weighted by molar-refractivity contribution is 6.33. The topological polar surface area (TPSA) is 43.8 Å². The summed E-state index contributed by atoms with van der Waals surface area (Å²) >= 11 is 12.2. The highest BCUT2D eigenvalue weighted by atomic mass is 35.5. The van der Waals surface area contributed by atoms with Crippen LogP contribution in [-0.2, 0) is 19.4 Å². The van der Waals surface area contributed by atoms with Crippen molar-refractivity contribution in [3.63, 3.8) is 0 Å². The second-order valence-electron chi connectivity index (χ2n) is 4.77. The van der Waals surface area contributed by atoms with E-state index < -0.39 is 0 Å². The molecule has 3 nitrogen and oxygen atoms in total. The summed E-state index contributed by atoms with van der Waals surface area (Å²) in [6.45, 7) is 5.01. The van der Waals surface area contributed by atoms with Gasteiger partial charge in [0.05, 0.1) is 5.69 Å². The summed E-state index contributed by atoms with van der Waals surface area (Å²) in [5.41, 5.74) is 9.38. The van der Waals surface area contributed by atoms with E-state index in [0.29, 0.717) is 16.5 Å². The highest BCUT2D eigenvalue weighted by Crippen LogP contribution is 2.27. The van der Waals surface area contributed by atoms with E-state index in [-0.39, 0.29) is 6.04 Å². The Labute approximate surface area is 129 Å². The average molecular weight is 312 g/mol. The van der Waals surface area contributed by atoms with Crippen molar-refractivity contribution in [1.82, 2.24) is 9.78 Å². The smallest absolute Gasteiger partial charge is 0.0624 e. The van der Waals surface area contributed by atoms with Crippen LogP contribution in [-0.4, -0.2) is 9.78 Å². The lowest BCUT2D eigenvalue weighted by atomic mass is 10.0. The Morgan fingerprint density at radius 1 is 1.25 bits per heavy atom. The minimum absolute atomic E-state index is 0.187. The average Bonchev–Trinajstić information content (AvgIpc) is 2.83. The Kier molecular flexibility index (Phi) is 5.08.